The van der Waals surface area contributed by atoms with Crippen molar-refractivity contribution < 1.29 is 4.79 Å². The highest BCUT2D eigenvalue weighted by Gasteiger charge is 2.27. The Morgan fingerprint density at radius 1 is 1.03 bits per heavy atom. The average Bonchev–Trinajstić information content (AvgIpc) is 3.55. The number of pyridine rings is 1. The van der Waals surface area contributed by atoms with Crippen LogP contribution in [0.5, 0.6) is 0 Å². The zero-order valence-electron chi connectivity index (χ0n) is 17.5. The largest absolute Gasteiger partial charge is 0.352 e. The number of aromatic nitrogens is 3. The van der Waals surface area contributed by atoms with E-state index in [0.717, 1.165) is 59.6 Å². The van der Waals surface area contributed by atoms with Gasteiger partial charge < -0.3 is 5.32 Å². The second-order valence-corrected chi connectivity index (χ2v) is 8.42. The van der Waals surface area contributed by atoms with Gasteiger partial charge in [-0.05, 0) is 49.3 Å². The summed E-state index contributed by atoms with van der Waals surface area (Å²) in [6, 6.07) is 14.2. The Kier molecular flexibility index (Phi) is 5.57. The minimum Gasteiger partial charge on any atom is -0.352 e. The normalized spacial score (nSPS) is 17.6. The lowest BCUT2D eigenvalue weighted by Gasteiger charge is -2.12. The van der Waals surface area contributed by atoms with Crippen LogP contribution >= 0.6 is 0 Å². The van der Waals surface area contributed by atoms with Crippen LogP contribution in [-0.4, -0.2) is 20.9 Å². The van der Waals surface area contributed by atoms with E-state index in [-0.39, 0.29) is 5.91 Å². The number of rotatable bonds is 7. The molecule has 1 N–H and O–H groups in total. The van der Waals surface area contributed by atoms with Crippen molar-refractivity contribution >= 4 is 5.91 Å². The third kappa shape index (κ3) is 4.71. The van der Waals surface area contributed by atoms with Crippen molar-refractivity contribution in [3.63, 3.8) is 0 Å². The van der Waals surface area contributed by atoms with Gasteiger partial charge in [0.15, 0.2) is 0 Å². The van der Waals surface area contributed by atoms with E-state index in [0.29, 0.717) is 24.8 Å². The third-order valence-electron chi connectivity index (χ3n) is 5.97. The number of nitrogens with one attached hydrogen (secondary N) is 1. The van der Waals surface area contributed by atoms with Gasteiger partial charge in [0.2, 0.25) is 5.91 Å². The summed E-state index contributed by atoms with van der Waals surface area (Å²) in [5.74, 6) is 1.92. The van der Waals surface area contributed by atoms with Gasteiger partial charge in [0.05, 0.1) is 11.4 Å². The minimum absolute atomic E-state index is 0.114. The first-order valence-electron chi connectivity index (χ1n) is 11.1. The maximum atomic E-state index is 12.2. The van der Waals surface area contributed by atoms with Gasteiger partial charge in [-0.15, -0.1) is 0 Å². The first-order chi connectivity index (χ1) is 15.3. The number of hydrogen-bond donors (Lipinski definition) is 1. The topological polar surface area (TPSA) is 67.8 Å². The molecule has 2 aliphatic carbocycles. The van der Waals surface area contributed by atoms with Crippen LogP contribution < -0.4 is 5.32 Å². The number of carbonyl (C=O) groups is 1. The van der Waals surface area contributed by atoms with Crippen LogP contribution in [0.25, 0.3) is 22.5 Å². The summed E-state index contributed by atoms with van der Waals surface area (Å²) in [5.41, 5.74) is 4.85. The lowest BCUT2D eigenvalue weighted by Crippen LogP contribution is -2.24. The van der Waals surface area contributed by atoms with Crippen LogP contribution in [0, 0.1) is 5.92 Å². The molecule has 2 aromatic heterocycles. The third-order valence-corrected chi connectivity index (χ3v) is 5.97. The molecule has 31 heavy (non-hydrogen) atoms. The maximum absolute atomic E-state index is 12.2. The number of allylic oxidation sites excluding steroid dienone is 2. The number of amides is 1. The summed E-state index contributed by atoms with van der Waals surface area (Å²) in [4.78, 5) is 26.2. The summed E-state index contributed by atoms with van der Waals surface area (Å²) in [5, 5.41) is 3.05. The van der Waals surface area contributed by atoms with E-state index in [9.17, 15) is 4.79 Å². The van der Waals surface area contributed by atoms with E-state index in [2.05, 4.69) is 51.7 Å². The monoisotopic (exact) mass is 410 g/mol. The molecule has 1 atom stereocenters. The second kappa shape index (κ2) is 8.80. The van der Waals surface area contributed by atoms with Gasteiger partial charge in [-0.25, -0.2) is 9.97 Å². The number of nitrogens with zero attached hydrogens (tertiary/aromatic N) is 3. The van der Waals surface area contributed by atoms with Crippen LogP contribution in [-0.2, 0) is 11.3 Å². The van der Waals surface area contributed by atoms with Crippen LogP contribution in [0.15, 0.2) is 67.0 Å². The van der Waals surface area contributed by atoms with E-state index < -0.39 is 0 Å². The lowest BCUT2D eigenvalue weighted by molar-refractivity contribution is -0.121. The van der Waals surface area contributed by atoms with Crippen molar-refractivity contribution in [3.05, 3.63) is 78.4 Å². The van der Waals surface area contributed by atoms with Crippen molar-refractivity contribution in [3.8, 4) is 22.5 Å². The Hall–Kier alpha value is -3.34. The molecule has 5 nitrogen and oxygen atoms in total. The SMILES string of the molecule is O=C(CC1C=CCC1)NCc1ccc(-c2nc(C3CC3)ncc2-c2ccccn2)cc1. The molecule has 1 unspecified atom stereocenters. The van der Waals surface area contributed by atoms with E-state index in [1.54, 1.807) is 6.20 Å². The molecule has 3 aromatic rings. The first kappa shape index (κ1) is 19.6. The van der Waals surface area contributed by atoms with E-state index >= 15 is 0 Å². The molecule has 0 bridgehead atoms. The predicted octanol–water partition coefficient (Wildman–Crippen LogP) is 5.06. The van der Waals surface area contributed by atoms with Crippen molar-refractivity contribution in [1.82, 2.24) is 20.3 Å². The fourth-order valence-corrected chi connectivity index (χ4v) is 4.02. The Bertz CT molecular complexity index is 1090. The highest BCUT2D eigenvalue weighted by Crippen LogP contribution is 2.40. The molecule has 5 heteroatoms. The molecule has 0 spiro atoms. The molecule has 156 valence electrons. The fourth-order valence-electron chi connectivity index (χ4n) is 4.02. The predicted molar refractivity (Wildman–Crippen MR) is 121 cm³/mol. The average molecular weight is 411 g/mol. The van der Waals surface area contributed by atoms with Crippen LogP contribution in [0.4, 0.5) is 0 Å². The second-order valence-electron chi connectivity index (χ2n) is 8.42. The standard InChI is InChI=1S/C26H26N4O/c31-24(15-18-5-1-2-6-18)28-16-19-8-10-20(11-9-19)25-22(23-7-3-4-14-27-23)17-29-26(30-25)21-12-13-21/h1,3-5,7-11,14,17-18,21H,2,6,12-13,15-16H2,(H,28,31). The van der Waals surface area contributed by atoms with E-state index in [4.69, 9.17) is 4.98 Å². The highest BCUT2D eigenvalue weighted by atomic mass is 16.1. The summed E-state index contributed by atoms with van der Waals surface area (Å²) in [6.45, 7) is 0.541. The van der Waals surface area contributed by atoms with Gasteiger partial charge in [0, 0.05) is 42.4 Å². The van der Waals surface area contributed by atoms with E-state index in [1.165, 1.54) is 0 Å². The van der Waals surface area contributed by atoms with E-state index in [1.807, 2.05) is 24.4 Å². The molecule has 5 rings (SSSR count). The molecule has 0 aliphatic heterocycles. The fraction of sp³-hybridized carbons (Fsp3) is 0.308. The molecule has 1 fully saturated rings. The smallest absolute Gasteiger partial charge is 0.220 e. The minimum atomic E-state index is 0.114. The molecule has 2 aliphatic rings. The molecule has 1 aromatic carbocycles. The molecule has 0 radical (unpaired) electrons. The van der Waals surface area contributed by atoms with Crippen LogP contribution in [0.2, 0.25) is 0 Å². The number of benzene rings is 1. The Morgan fingerprint density at radius 2 is 1.90 bits per heavy atom. The summed E-state index contributed by atoms with van der Waals surface area (Å²) in [6.07, 6.45) is 13.1. The lowest BCUT2D eigenvalue weighted by atomic mass is 10.0. The molecular formula is C26H26N4O. The Morgan fingerprint density at radius 3 is 2.61 bits per heavy atom. The van der Waals surface area contributed by atoms with Gasteiger partial charge in [-0.1, -0.05) is 42.5 Å². The molecule has 1 saturated carbocycles. The zero-order valence-corrected chi connectivity index (χ0v) is 17.5. The summed E-state index contributed by atoms with van der Waals surface area (Å²) < 4.78 is 0. The first-order valence-corrected chi connectivity index (χ1v) is 11.1. The molecule has 1 amide bonds. The molecular weight excluding hydrogens is 384 g/mol. The molecule has 2 heterocycles. The highest BCUT2D eigenvalue weighted by molar-refractivity contribution is 5.79. The van der Waals surface area contributed by atoms with Crippen LogP contribution in [0.1, 0.15) is 49.4 Å². The van der Waals surface area contributed by atoms with Crippen molar-refractivity contribution in [2.75, 3.05) is 0 Å². The molecule has 0 saturated heterocycles. The van der Waals surface area contributed by atoms with Gasteiger partial charge in [-0.3, -0.25) is 9.78 Å². The Labute approximate surface area is 182 Å². The quantitative estimate of drug-likeness (QED) is 0.553. The van der Waals surface area contributed by atoms with Crippen molar-refractivity contribution in [2.45, 2.75) is 44.6 Å². The number of carbonyl (C=O) groups excluding carboxylic acids is 1. The van der Waals surface area contributed by atoms with Gasteiger partial charge in [-0.2, -0.15) is 0 Å². The number of hydrogen-bond acceptors (Lipinski definition) is 4. The van der Waals surface area contributed by atoms with Crippen molar-refractivity contribution in [2.24, 2.45) is 5.92 Å². The maximum Gasteiger partial charge on any atom is 0.220 e. The Balaban J connectivity index is 1.33. The van der Waals surface area contributed by atoms with Crippen LogP contribution in [0.3, 0.4) is 0 Å². The van der Waals surface area contributed by atoms with Crippen molar-refractivity contribution in [1.29, 1.82) is 0 Å². The van der Waals surface area contributed by atoms with Gasteiger partial charge in [0.1, 0.15) is 5.82 Å². The summed E-state index contributed by atoms with van der Waals surface area (Å²) >= 11 is 0. The van der Waals surface area contributed by atoms with Gasteiger partial charge in [0.25, 0.3) is 0 Å². The van der Waals surface area contributed by atoms with Gasteiger partial charge >= 0.3 is 0 Å². The summed E-state index contributed by atoms with van der Waals surface area (Å²) in [7, 11) is 0. The zero-order chi connectivity index (χ0) is 21.0.